The van der Waals surface area contributed by atoms with Crippen molar-refractivity contribution in [3.63, 3.8) is 0 Å². The van der Waals surface area contributed by atoms with Crippen LogP contribution in [0, 0.1) is 23.2 Å². The Hall–Kier alpha value is -2.09. The normalized spacial score (nSPS) is 28.5. The third-order valence-corrected chi connectivity index (χ3v) is 4.80. The fraction of sp³-hybridized carbons (Fsp3) is 0.533. The van der Waals surface area contributed by atoms with Gasteiger partial charge in [0.2, 0.25) is 0 Å². The fourth-order valence-corrected chi connectivity index (χ4v) is 3.53. The summed E-state index contributed by atoms with van der Waals surface area (Å²) in [6.45, 7) is -0.626. The molecule has 11 heteroatoms. The SMILES string of the molecule is N#Cc1ccc(N2CC3C(C2C(O)C(F)(F)F)C3(F)F)cc1C(F)(F)F. The second-order valence-electron chi connectivity index (χ2n) is 6.28. The average molecular weight is 386 g/mol. The van der Waals surface area contributed by atoms with Crippen LogP contribution < -0.4 is 4.90 Å². The van der Waals surface area contributed by atoms with Crippen LogP contribution in [0.2, 0.25) is 0 Å². The summed E-state index contributed by atoms with van der Waals surface area (Å²) in [6, 6.07) is 1.37. The Bertz CT molecular complexity index is 766. The first kappa shape index (κ1) is 18.7. The summed E-state index contributed by atoms with van der Waals surface area (Å²) in [4.78, 5) is 0.710. The first-order chi connectivity index (χ1) is 11.8. The van der Waals surface area contributed by atoms with Crippen LogP contribution in [0.4, 0.5) is 40.8 Å². The van der Waals surface area contributed by atoms with E-state index in [1.54, 1.807) is 0 Å². The molecule has 0 bridgehead atoms. The lowest BCUT2D eigenvalue weighted by Crippen LogP contribution is -2.51. The number of alkyl halides is 8. The first-order valence-corrected chi connectivity index (χ1v) is 7.30. The molecule has 4 atom stereocenters. The number of hydrogen-bond acceptors (Lipinski definition) is 3. The zero-order valence-electron chi connectivity index (χ0n) is 12.6. The minimum atomic E-state index is -5.21. The van der Waals surface area contributed by atoms with E-state index in [1.165, 1.54) is 6.07 Å². The molecule has 1 aromatic carbocycles. The van der Waals surface area contributed by atoms with Gasteiger partial charge in [0.05, 0.1) is 35.1 Å². The Morgan fingerprint density at radius 3 is 2.31 bits per heavy atom. The number of benzene rings is 1. The first-order valence-electron chi connectivity index (χ1n) is 7.30. The quantitative estimate of drug-likeness (QED) is 0.791. The molecule has 0 radical (unpaired) electrons. The molecule has 4 unspecified atom stereocenters. The molecule has 1 N–H and O–H groups in total. The van der Waals surface area contributed by atoms with Crippen molar-refractivity contribution < 1.29 is 40.2 Å². The molecule has 1 aromatic rings. The molecule has 3 rings (SSSR count). The van der Waals surface area contributed by atoms with Crippen LogP contribution in [0.3, 0.4) is 0 Å². The predicted octanol–water partition coefficient (Wildman–Crippen LogP) is 3.57. The molecule has 2 fully saturated rings. The number of halogens is 8. The molecular formula is C15H10F8N2O. The van der Waals surface area contributed by atoms with E-state index in [2.05, 4.69) is 0 Å². The minimum Gasteiger partial charge on any atom is -0.382 e. The van der Waals surface area contributed by atoms with Crippen LogP contribution in [-0.2, 0) is 6.18 Å². The van der Waals surface area contributed by atoms with Crippen molar-refractivity contribution in [1.29, 1.82) is 5.26 Å². The number of aliphatic hydroxyl groups is 1. The molecule has 1 aliphatic carbocycles. The largest absolute Gasteiger partial charge is 0.417 e. The third-order valence-electron chi connectivity index (χ3n) is 4.80. The molecule has 1 aliphatic heterocycles. The molecule has 0 aromatic heterocycles. The van der Waals surface area contributed by atoms with Crippen LogP contribution in [0.15, 0.2) is 18.2 Å². The zero-order valence-corrected chi connectivity index (χ0v) is 12.6. The van der Waals surface area contributed by atoms with Crippen LogP contribution >= 0.6 is 0 Å². The van der Waals surface area contributed by atoms with E-state index in [0.717, 1.165) is 12.1 Å². The lowest BCUT2D eigenvalue weighted by atomic mass is 10.0. The summed E-state index contributed by atoms with van der Waals surface area (Å²) in [5, 5.41) is 18.3. The van der Waals surface area contributed by atoms with E-state index in [9.17, 15) is 40.2 Å². The monoisotopic (exact) mass is 386 g/mol. The molecule has 2 aliphatic rings. The molecule has 1 saturated carbocycles. The van der Waals surface area contributed by atoms with Gasteiger partial charge in [-0.15, -0.1) is 0 Å². The Labute approximate surface area is 141 Å². The Balaban J connectivity index is 2.02. The van der Waals surface area contributed by atoms with E-state index in [4.69, 9.17) is 5.26 Å². The van der Waals surface area contributed by atoms with Gasteiger partial charge in [0, 0.05) is 12.2 Å². The average Bonchev–Trinajstić information content (AvgIpc) is 2.89. The summed E-state index contributed by atoms with van der Waals surface area (Å²) in [6.07, 6.45) is -13.3. The molecule has 0 spiro atoms. The van der Waals surface area contributed by atoms with Crippen molar-refractivity contribution in [2.75, 3.05) is 11.4 Å². The van der Waals surface area contributed by atoms with Gasteiger partial charge in [-0.3, -0.25) is 0 Å². The summed E-state index contributed by atoms with van der Waals surface area (Å²) in [5.41, 5.74) is -2.54. The number of aliphatic hydroxyl groups excluding tert-OH is 1. The van der Waals surface area contributed by atoms with Gasteiger partial charge in [-0.1, -0.05) is 0 Å². The van der Waals surface area contributed by atoms with Gasteiger partial charge in [-0.05, 0) is 18.2 Å². The molecule has 1 heterocycles. The number of nitriles is 1. The lowest BCUT2D eigenvalue weighted by molar-refractivity contribution is -0.212. The van der Waals surface area contributed by atoms with Gasteiger partial charge in [-0.2, -0.15) is 31.6 Å². The number of piperidine rings is 1. The van der Waals surface area contributed by atoms with Crippen LogP contribution in [0.5, 0.6) is 0 Å². The van der Waals surface area contributed by atoms with Gasteiger partial charge < -0.3 is 10.0 Å². The molecular weight excluding hydrogens is 376 g/mol. The number of hydrogen-bond donors (Lipinski definition) is 1. The summed E-state index contributed by atoms with van der Waals surface area (Å²) in [7, 11) is 0. The predicted molar refractivity (Wildman–Crippen MR) is 71.3 cm³/mol. The van der Waals surface area contributed by atoms with Gasteiger partial charge in [-0.25, -0.2) is 8.78 Å². The second-order valence-corrected chi connectivity index (χ2v) is 6.28. The van der Waals surface area contributed by atoms with Gasteiger partial charge >= 0.3 is 12.4 Å². The highest BCUT2D eigenvalue weighted by molar-refractivity contribution is 5.58. The molecule has 26 heavy (non-hydrogen) atoms. The zero-order chi connectivity index (χ0) is 19.7. The lowest BCUT2D eigenvalue weighted by Gasteiger charge is -2.35. The highest BCUT2D eigenvalue weighted by atomic mass is 19.4. The summed E-state index contributed by atoms with van der Waals surface area (Å²) >= 11 is 0. The van der Waals surface area contributed by atoms with E-state index in [-0.39, 0.29) is 0 Å². The maximum atomic E-state index is 13.6. The highest BCUT2D eigenvalue weighted by Gasteiger charge is 2.78. The van der Waals surface area contributed by atoms with Crippen LogP contribution in [0.1, 0.15) is 11.1 Å². The van der Waals surface area contributed by atoms with Crippen LogP contribution in [-0.4, -0.2) is 35.9 Å². The highest BCUT2D eigenvalue weighted by Crippen LogP contribution is 2.64. The van der Waals surface area contributed by atoms with Crippen LogP contribution in [0.25, 0.3) is 0 Å². The van der Waals surface area contributed by atoms with Crippen molar-refractivity contribution in [2.45, 2.75) is 30.4 Å². The van der Waals surface area contributed by atoms with E-state index < -0.39 is 65.6 Å². The van der Waals surface area contributed by atoms with Gasteiger partial charge in [0.1, 0.15) is 0 Å². The van der Waals surface area contributed by atoms with Crippen molar-refractivity contribution in [2.24, 2.45) is 11.8 Å². The van der Waals surface area contributed by atoms with Crippen molar-refractivity contribution in [3.05, 3.63) is 29.3 Å². The van der Waals surface area contributed by atoms with Crippen molar-refractivity contribution >= 4 is 5.69 Å². The minimum absolute atomic E-state index is 0.410. The van der Waals surface area contributed by atoms with E-state index >= 15 is 0 Å². The maximum Gasteiger partial charge on any atom is 0.417 e. The molecule has 1 saturated heterocycles. The Morgan fingerprint density at radius 1 is 1.19 bits per heavy atom. The Morgan fingerprint density at radius 2 is 1.81 bits per heavy atom. The Kier molecular flexibility index (Phi) is 3.92. The van der Waals surface area contributed by atoms with Gasteiger partial charge in [0.25, 0.3) is 5.92 Å². The third kappa shape index (κ3) is 2.76. The number of fused-ring (bicyclic) bond motifs is 1. The smallest absolute Gasteiger partial charge is 0.382 e. The number of nitrogens with zero attached hydrogens (tertiary/aromatic N) is 2. The molecule has 0 amide bonds. The standard InChI is InChI=1S/C15H10F8N2O/c16-13(17)9-5-25(11(10(9)13)12(26)15(21,22)23)7-2-1-6(4-24)8(3-7)14(18,19)20/h1-3,9-12,26H,5H2. The summed E-state index contributed by atoms with van der Waals surface area (Å²) < 4.78 is 105. The van der Waals surface area contributed by atoms with E-state index in [0.29, 0.717) is 11.0 Å². The maximum absolute atomic E-state index is 13.6. The fourth-order valence-electron chi connectivity index (χ4n) is 3.53. The molecule has 3 nitrogen and oxygen atoms in total. The van der Waals surface area contributed by atoms with Crippen molar-refractivity contribution in [3.8, 4) is 6.07 Å². The summed E-state index contributed by atoms with van der Waals surface area (Å²) in [5.74, 6) is -6.69. The topological polar surface area (TPSA) is 47.3 Å². The molecule has 142 valence electrons. The van der Waals surface area contributed by atoms with Crippen molar-refractivity contribution in [1.82, 2.24) is 0 Å². The van der Waals surface area contributed by atoms with E-state index in [1.807, 2.05) is 0 Å². The number of rotatable bonds is 2. The number of anilines is 1. The second kappa shape index (κ2) is 5.45. The van der Waals surface area contributed by atoms with Gasteiger partial charge in [0.15, 0.2) is 6.10 Å².